The average molecular weight is 281 g/mol. The smallest absolute Gasteiger partial charge is 0.254 e. The van der Waals surface area contributed by atoms with Crippen LogP contribution >= 0.6 is 15.9 Å². The van der Waals surface area contributed by atoms with Crippen molar-refractivity contribution in [2.75, 3.05) is 13.1 Å². The highest BCUT2D eigenvalue weighted by molar-refractivity contribution is 9.10. The van der Waals surface area contributed by atoms with Gasteiger partial charge in [0.05, 0.1) is 0 Å². The second-order valence-corrected chi connectivity index (χ2v) is 5.30. The number of halogens is 1. The molecule has 0 aliphatic carbocycles. The molecule has 0 spiro atoms. The number of benzene rings is 1. The Hall–Kier alpha value is -0.870. The Morgan fingerprint density at radius 1 is 1.44 bits per heavy atom. The first kappa shape index (κ1) is 10.3. The maximum Gasteiger partial charge on any atom is 0.254 e. The van der Waals surface area contributed by atoms with Crippen molar-refractivity contribution in [3.05, 3.63) is 33.8 Å². The molecule has 0 aromatic heterocycles. The second-order valence-electron chi connectivity index (χ2n) is 4.38. The number of nitrogens with one attached hydrogen (secondary N) is 1. The van der Waals surface area contributed by atoms with Gasteiger partial charge >= 0.3 is 0 Å². The standard InChI is InChI=1S/C12H13BrN2O/c13-9-2-1-8-7-15(10-3-4-14-6-10)12(16)11(8)5-9/h1-2,5,10,14H,3-4,6-7H2/t10-/m0/s1. The van der Waals surface area contributed by atoms with Crippen molar-refractivity contribution >= 4 is 21.8 Å². The van der Waals surface area contributed by atoms with Gasteiger partial charge in [-0.3, -0.25) is 4.79 Å². The zero-order chi connectivity index (χ0) is 11.1. The van der Waals surface area contributed by atoms with E-state index in [1.807, 2.05) is 23.1 Å². The molecule has 2 heterocycles. The van der Waals surface area contributed by atoms with E-state index in [9.17, 15) is 4.79 Å². The number of carbonyl (C=O) groups excluding carboxylic acids is 1. The first-order chi connectivity index (χ1) is 7.75. The zero-order valence-corrected chi connectivity index (χ0v) is 10.5. The average Bonchev–Trinajstić information content (AvgIpc) is 2.87. The van der Waals surface area contributed by atoms with Crippen LogP contribution in [0.25, 0.3) is 0 Å². The Kier molecular flexibility index (Phi) is 2.48. The van der Waals surface area contributed by atoms with E-state index in [2.05, 4.69) is 21.2 Å². The van der Waals surface area contributed by atoms with Gasteiger partial charge < -0.3 is 10.2 Å². The molecule has 0 bridgehead atoms. The SMILES string of the molecule is O=C1c2cc(Br)ccc2CN1[C@H]1CCNC1. The van der Waals surface area contributed by atoms with Crippen molar-refractivity contribution in [2.24, 2.45) is 0 Å². The Bertz CT molecular complexity index is 441. The number of carbonyl (C=O) groups is 1. The maximum absolute atomic E-state index is 12.2. The van der Waals surface area contributed by atoms with Crippen molar-refractivity contribution in [1.29, 1.82) is 0 Å². The molecular weight excluding hydrogens is 268 g/mol. The number of amides is 1. The fraction of sp³-hybridized carbons (Fsp3) is 0.417. The summed E-state index contributed by atoms with van der Waals surface area (Å²) in [5, 5.41) is 3.30. The summed E-state index contributed by atoms with van der Waals surface area (Å²) in [6.45, 7) is 2.73. The zero-order valence-electron chi connectivity index (χ0n) is 8.87. The lowest BCUT2D eigenvalue weighted by Crippen LogP contribution is -2.36. The van der Waals surface area contributed by atoms with Crippen molar-refractivity contribution in [2.45, 2.75) is 19.0 Å². The van der Waals surface area contributed by atoms with Crippen LogP contribution in [-0.2, 0) is 6.54 Å². The fourth-order valence-electron chi connectivity index (χ4n) is 2.50. The van der Waals surface area contributed by atoms with Gasteiger partial charge in [-0.25, -0.2) is 0 Å². The van der Waals surface area contributed by atoms with Gasteiger partial charge in [-0.05, 0) is 30.7 Å². The number of rotatable bonds is 1. The molecule has 1 atom stereocenters. The third-order valence-electron chi connectivity index (χ3n) is 3.38. The van der Waals surface area contributed by atoms with Crippen molar-refractivity contribution in [3.63, 3.8) is 0 Å². The summed E-state index contributed by atoms with van der Waals surface area (Å²) in [6, 6.07) is 6.35. The molecule has 4 heteroatoms. The Labute approximate surface area is 103 Å². The first-order valence-electron chi connectivity index (χ1n) is 5.56. The summed E-state index contributed by atoms with van der Waals surface area (Å²) < 4.78 is 0.978. The summed E-state index contributed by atoms with van der Waals surface area (Å²) >= 11 is 3.41. The number of fused-ring (bicyclic) bond motifs is 1. The molecule has 0 unspecified atom stereocenters. The molecule has 0 radical (unpaired) electrons. The summed E-state index contributed by atoms with van der Waals surface area (Å²) in [4.78, 5) is 14.2. The molecule has 1 saturated heterocycles. The van der Waals surface area contributed by atoms with Gasteiger partial charge in [0, 0.05) is 29.2 Å². The van der Waals surface area contributed by atoms with Gasteiger partial charge in [0.2, 0.25) is 0 Å². The van der Waals surface area contributed by atoms with Crippen LogP contribution in [-0.4, -0.2) is 29.9 Å². The molecule has 1 aromatic carbocycles. The molecule has 2 aliphatic heterocycles. The Balaban J connectivity index is 1.91. The molecule has 0 saturated carbocycles. The third-order valence-corrected chi connectivity index (χ3v) is 3.87. The maximum atomic E-state index is 12.2. The lowest BCUT2D eigenvalue weighted by molar-refractivity contribution is 0.0717. The van der Waals surface area contributed by atoms with E-state index in [-0.39, 0.29) is 5.91 Å². The van der Waals surface area contributed by atoms with E-state index in [1.165, 1.54) is 0 Å². The van der Waals surface area contributed by atoms with E-state index in [4.69, 9.17) is 0 Å². The van der Waals surface area contributed by atoms with Crippen molar-refractivity contribution < 1.29 is 4.79 Å². The first-order valence-corrected chi connectivity index (χ1v) is 6.35. The van der Waals surface area contributed by atoms with Gasteiger partial charge in [-0.2, -0.15) is 0 Å². The number of hydrogen-bond acceptors (Lipinski definition) is 2. The molecule has 1 fully saturated rings. The largest absolute Gasteiger partial charge is 0.330 e. The highest BCUT2D eigenvalue weighted by Crippen LogP contribution is 2.28. The lowest BCUT2D eigenvalue weighted by atomic mass is 10.1. The highest BCUT2D eigenvalue weighted by Gasteiger charge is 2.33. The second kappa shape index (κ2) is 3.86. The number of nitrogens with zero attached hydrogens (tertiary/aromatic N) is 1. The van der Waals surface area contributed by atoms with Gasteiger partial charge in [-0.1, -0.05) is 22.0 Å². The van der Waals surface area contributed by atoms with Crippen LogP contribution in [0.1, 0.15) is 22.3 Å². The van der Waals surface area contributed by atoms with Crippen molar-refractivity contribution in [1.82, 2.24) is 10.2 Å². The number of hydrogen-bond donors (Lipinski definition) is 1. The molecule has 3 nitrogen and oxygen atoms in total. The minimum Gasteiger partial charge on any atom is -0.330 e. The normalized spacial score (nSPS) is 23.9. The van der Waals surface area contributed by atoms with E-state index >= 15 is 0 Å². The van der Waals surface area contributed by atoms with Crippen LogP contribution in [0.4, 0.5) is 0 Å². The van der Waals surface area contributed by atoms with E-state index in [0.717, 1.165) is 41.7 Å². The molecule has 16 heavy (non-hydrogen) atoms. The van der Waals surface area contributed by atoms with Gasteiger partial charge in [-0.15, -0.1) is 0 Å². The summed E-state index contributed by atoms with van der Waals surface area (Å²) in [6.07, 6.45) is 1.07. The molecular formula is C12H13BrN2O. The van der Waals surface area contributed by atoms with Crippen LogP contribution in [0.3, 0.4) is 0 Å². The third kappa shape index (κ3) is 1.57. The van der Waals surface area contributed by atoms with Crippen molar-refractivity contribution in [3.8, 4) is 0 Å². The molecule has 3 rings (SSSR count). The van der Waals surface area contributed by atoms with Gasteiger partial charge in [0.15, 0.2) is 0 Å². The molecule has 1 amide bonds. The fourth-order valence-corrected chi connectivity index (χ4v) is 2.86. The minimum atomic E-state index is 0.185. The van der Waals surface area contributed by atoms with Gasteiger partial charge in [0.25, 0.3) is 5.91 Å². The molecule has 1 aromatic rings. The quantitative estimate of drug-likeness (QED) is 0.851. The van der Waals surface area contributed by atoms with E-state index in [0.29, 0.717) is 6.04 Å². The Morgan fingerprint density at radius 2 is 2.31 bits per heavy atom. The predicted molar refractivity (Wildman–Crippen MR) is 65.3 cm³/mol. The molecule has 84 valence electrons. The van der Waals surface area contributed by atoms with E-state index < -0.39 is 0 Å². The predicted octanol–water partition coefficient (Wildman–Crippen LogP) is 1.77. The summed E-state index contributed by atoms with van der Waals surface area (Å²) in [5.41, 5.74) is 2.02. The monoisotopic (exact) mass is 280 g/mol. The summed E-state index contributed by atoms with van der Waals surface area (Å²) in [7, 11) is 0. The van der Waals surface area contributed by atoms with Gasteiger partial charge in [0.1, 0.15) is 0 Å². The van der Waals surface area contributed by atoms with Crippen LogP contribution in [0.2, 0.25) is 0 Å². The lowest BCUT2D eigenvalue weighted by Gasteiger charge is -2.22. The van der Waals surface area contributed by atoms with Crippen LogP contribution in [0.5, 0.6) is 0 Å². The minimum absolute atomic E-state index is 0.185. The Morgan fingerprint density at radius 3 is 3.06 bits per heavy atom. The van der Waals surface area contributed by atoms with Crippen LogP contribution in [0.15, 0.2) is 22.7 Å². The van der Waals surface area contributed by atoms with Crippen LogP contribution < -0.4 is 5.32 Å². The molecule has 2 aliphatic rings. The molecule has 1 N–H and O–H groups in total. The van der Waals surface area contributed by atoms with E-state index in [1.54, 1.807) is 0 Å². The summed E-state index contributed by atoms with van der Waals surface area (Å²) in [5.74, 6) is 0.185. The highest BCUT2D eigenvalue weighted by atomic mass is 79.9. The topological polar surface area (TPSA) is 32.3 Å². The van der Waals surface area contributed by atoms with Crippen LogP contribution in [0, 0.1) is 0 Å².